The van der Waals surface area contributed by atoms with Gasteiger partial charge < -0.3 is 15.2 Å². The molecule has 3 rings (SSSR count). The fraction of sp³-hybridized carbons (Fsp3) is 0.182. The molecule has 3 aromatic rings. The summed E-state index contributed by atoms with van der Waals surface area (Å²) in [7, 11) is 1.85. The van der Waals surface area contributed by atoms with Crippen molar-refractivity contribution in [1.82, 2.24) is 30.0 Å². The summed E-state index contributed by atoms with van der Waals surface area (Å²) in [6, 6.07) is 8.02. The van der Waals surface area contributed by atoms with Crippen LogP contribution in [0.2, 0.25) is 0 Å². The van der Waals surface area contributed by atoms with E-state index in [-0.39, 0.29) is 11.6 Å². The molecule has 2 N–H and O–H groups in total. The number of halogens is 1. The Balaban J connectivity index is 1.68. The molecule has 164 valence electrons. The topological polar surface area (TPSA) is 110 Å². The molecular weight excluding hydrogens is 411 g/mol. The smallest absolute Gasteiger partial charge is 0.251 e. The number of nitrogens with zero attached hydrogens (tertiary/aromatic N) is 6. The average molecular weight is 434 g/mol. The first-order valence-corrected chi connectivity index (χ1v) is 9.72. The highest BCUT2D eigenvalue weighted by Crippen LogP contribution is 2.17. The maximum Gasteiger partial charge on any atom is 0.251 e. The van der Waals surface area contributed by atoms with Crippen molar-refractivity contribution in [3.8, 4) is 11.5 Å². The molecule has 0 bridgehead atoms. The predicted molar refractivity (Wildman–Crippen MR) is 121 cm³/mol. The molecule has 2 aromatic heterocycles. The minimum atomic E-state index is -0.673. The van der Waals surface area contributed by atoms with Crippen molar-refractivity contribution in [1.29, 1.82) is 0 Å². The van der Waals surface area contributed by atoms with E-state index >= 15 is 0 Å². The molecule has 0 saturated heterocycles. The number of hydrogen-bond donors (Lipinski definition) is 2. The number of rotatable bonds is 9. The lowest BCUT2D eigenvalue weighted by atomic mass is 10.1. The van der Waals surface area contributed by atoms with Gasteiger partial charge in [-0.15, -0.1) is 10.2 Å². The summed E-state index contributed by atoms with van der Waals surface area (Å²) in [5, 5.41) is 14.3. The molecule has 0 aliphatic carbocycles. The van der Waals surface area contributed by atoms with Gasteiger partial charge in [0.25, 0.3) is 5.91 Å². The number of hydrogen-bond acceptors (Lipinski definition) is 7. The highest BCUT2D eigenvalue weighted by atomic mass is 19.1. The molecule has 0 aliphatic rings. The molecule has 32 heavy (non-hydrogen) atoms. The van der Waals surface area contributed by atoms with Crippen LogP contribution >= 0.6 is 0 Å². The second-order valence-corrected chi connectivity index (χ2v) is 6.82. The van der Waals surface area contributed by atoms with Gasteiger partial charge in [0, 0.05) is 24.5 Å². The minimum Gasteiger partial charge on any atom is -0.378 e. The number of aliphatic imine (C=N–C) groups is 1. The number of anilines is 1. The van der Waals surface area contributed by atoms with Gasteiger partial charge in [-0.05, 0) is 44.0 Å². The largest absolute Gasteiger partial charge is 0.378 e. The van der Waals surface area contributed by atoms with Crippen molar-refractivity contribution in [2.24, 2.45) is 12.0 Å². The summed E-state index contributed by atoms with van der Waals surface area (Å²) >= 11 is 0. The van der Waals surface area contributed by atoms with E-state index < -0.39 is 11.9 Å². The zero-order valence-corrected chi connectivity index (χ0v) is 17.8. The standard InChI is InChI=1S/C22H23FN8O/c1-5-17(23)20(24-3)14(2)28-22(32)15-7-6-8-16(11-15)26-12-19-29-30-21(31(19)4)18-9-10-25-13-27-18/h5-11,13-14,26H,1,3,12H2,2,4H3,(H,28,32)/b20-17+. The molecule has 0 aliphatic heterocycles. The molecule has 1 unspecified atom stereocenters. The van der Waals surface area contributed by atoms with E-state index in [1.54, 1.807) is 37.4 Å². The summed E-state index contributed by atoms with van der Waals surface area (Å²) in [5.74, 6) is 0.309. The Kier molecular flexibility index (Phi) is 7.17. The van der Waals surface area contributed by atoms with Gasteiger partial charge in [0.05, 0.1) is 18.3 Å². The lowest BCUT2D eigenvalue weighted by Crippen LogP contribution is -2.34. The Morgan fingerprint density at radius 2 is 2.16 bits per heavy atom. The van der Waals surface area contributed by atoms with Crippen LogP contribution < -0.4 is 10.6 Å². The first-order chi connectivity index (χ1) is 15.4. The van der Waals surface area contributed by atoms with Gasteiger partial charge >= 0.3 is 0 Å². The summed E-state index contributed by atoms with van der Waals surface area (Å²) in [5.41, 5.74) is 1.81. The van der Waals surface area contributed by atoms with Crippen LogP contribution in [0, 0.1) is 0 Å². The van der Waals surface area contributed by atoms with Gasteiger partial charge in [-0.2, -0.15) is 0 Å². The molecule has 0 fully saturated rings. The normalized spacial score (nSPS) is 12.5. The van der Waals surface area contributed by atoms with Gasteiger partial charge in [-0.1, -0.05) is 12.6 Å². The Morgan fingerprint density at radius 3 is 2.84 bits per heavy atom. The lowest BCUT2D eigenvalue weighted by molar-refractivity contribution is 0.0945. The van der Waals surface area contributed by atoms with Gasteiger partial charge in [0.1, 0.15) is 17.8 Å². The van der Waals surface area contributed by atoms with Gasteiger partial charge in [-0.3, -0.25) is 9.79 Å². The molecule has 0 saturated carbocycles. The van der Waals surface area contributed by atoms with E-state index in [9.17, 15) is 9.18 Å². The Bertz CT molecular complexity index is 1160. The number of nitrogens with one attached hydrogen (secondary N) is 2. The van der Waals surface area contributed by atoms with Gasteiger partial charge in [0.15, 0.2) is 11.6 Å². The van der Waals surface area contributed by atoms with Crippen LogP contribution in [-0.2, 0) is 13.6 Å². The predicted octanol–water partition coefficient (Wildman–Crippen LogP) is 3.07. The summed E-state index contributed by atoms with van der Waals surface area (Å²) in [6.45, 7) is 8.73. The van der Waals surface area contributed by atoms with Gasteiger partial charge in [0.2, 0.25) is 0 Å². The number of amides is 1. The fourth-order valence-electron chi connectivity index (χ4n) is 2.99. The summed E-state index contributed by atoms with van der Waals surface area (Å²) < 4.78 is 15.6. The third-order valence-corrected chi connectivity index (χ3v) is 4.70. The van der Waals surface area contributed by atoms with E-state index in [1.165, 1.54) is 6.33 Å². The zero-order valence-electron chi connectivity index (χ0n) is 17.8. The SMILES string of the molecule is C=C/C(F)=C(\N=C)C(C)NC(=O)c1cccc(NCc2nnc(-c3ccncn3)n2C)c1. The summed E-state index contributed by atoms with van der Waals surface area (Å²) in [6.07, 6.45) is 4.12. The number of carbonyl (C=O) groups excluding carboxylic acids is 1. The van der Waals surface area contributed by atoms with Crippen LogP contribution in [-0.4, -0.2) is 43.4 Å². The van der Waals surface area contributed by atoms with Crippen LogP contribution in [0.5, 0.6) is 0 Å². The van der Waals surface area contributed by atoms with E-state index in [2.05, 4.69) is 49.1 Å². The molecule has 0 radical (unpaired) electrons. The zero-order chi connectivity index (χ0) is 23.1. The number of allylic oxidation sites excluding steroid dienone is 2. The van der Waals surface area contributed by atoms with Crippen LogP contribution in [0.15, 0.2) is 72.0 Å². The Labute approximate surface area is 184 Å². The van der Waals surface area contributed by atoms with E-state index in [0.717, 1.165) is 6.08 Å². The first-order valence-electron chi connectivity index (χ1n) is 9.72. The van der Waals surface area contributed by atoms with Crippen LogP contribution in [0.25, 0.3) is 11.5 Å². The second-order valence-electron chi connectivity index (χ2n) is 6.82. The molecular formula is C22H23FN8O. The number of aromatic nitrogens is 5. The van der Waals surface area contributed by atoms with Crippen LogP contribution in [0.4, 0.5) is 10.1 Å². The van der Waals surface area contributed by atoms with Gasteiger partial charge in [-0.25, -0.2) is 14.4 Å². The molecule has 10 heteroatoms. The molecule has 0 spiro atoms. The van der Waals surface area contributed by atoms with Crippen LogP contribution in [0.3, 0.4) is 0 Å². The first kappa shape index (κ1) is 22.5. The highest BCUT2D eigenvalue weighted by molar-refractivity contribution is 5.95. The third-order valence-electron chi connectivity index (χ3n) is 4.70. The summed E-state index contributed by atoms with van der Waals surface area (Å²) in [4.78, 5) is 24.4. The lowest BCUT2D eigenvalue weighted by Gasteiger charge is -2.15. The Hall–Kier alpha value is -4.21. The fourth-order valence-corrected chi connectivity index (χ4v) is 2.99. The van der Waals surface area contributed by atoms with Crippen molar-refractivity contribution in [3.63, 3.8) is 0 Å². The molecule has 1 aromatic carbocycles. The van der Waals surface area contributed by atoms with E-state index in [0.29, 0.717) is 35.1 Å². The van der Waals surface area contributed by atoms with Crippen molar-refractivity contribution in [2.45, 2.75) is 19.5 Å². The van der Waals surface area contributed by atoms with Crippen molar-refractivity contribution >= 4 is 18.3 Å². The quantitative estimate of drug-likeness (QED) is 0.396. The molecule has 1 amide bonds. The third kappa shape index (κ3) is 5.09. The van der Waals surface area contributed by atoms with E-state index in [1.807, 2.05) is 17.7 Å². The monoisotopic (exact) mass is 434 g/mol. The van der Waals surface area contributed by atoms with Crippen molar-refractivity contribution in [3.05, 3.63) is 78.4 Å². The second kappa shape index (κ2) is 10.2. The van der Waals surface area contributed by atoms with Crippen LogP contribution in [0.1, 0.15) is 23.1 Å². The molecule has 1 atom stereocenters. The highest BCUT2D eigenvalue weighted by Gasteiger charge is 2.16. The molecule has 9 nitrogen and oxygen atoms in total. The minimum absolute atomic E-state index is 0.0180. The van der Waals surface area contributed by atoms with Crippen molar-refractivity contribution < 1.29 is 9.18 Å². The number of benzene rings is 1. The number of carbonyl (C=O) groups is 1. The average Bonchev–Trinajstić information content (AvgIpc) is 3.18. The molecule has 2 heterocycles. The van der Waals surface area contributed by atoms with E-state index in [4.69, 9.17) is 0 Å². The maximum absolute atomic E-state index is 13.8. The maximum atomic E-state index is 13.8. The van der Waals surface area contributed by atoms with Crippen molar-refractivity contribution in [2.75, 3.05) is 5.32 Å². The Morgan fingerprint density at radius 1 is 1.34 bits per heavy atom.